The summed E-state index contributed by atoms with van der Waals surface area (Å²) in [4.78, 5) is 0. The Hall–Kier alpha value is 4.51. The molecule has 0 aliphatic rings. The second-order valence-electron chi connectivity index (χ2n) is 0. The average Bonchev–Trinajstić information content (AvgIpc) is 0. The van der Waals surface area contributed by atoms with Gasteiger partial charge in [0.1, 0.15) is 0 Å². The number of rotatable bonds is 0. The van der Waals surface area contributed by atoms with Crippen LogP contribution in [0.4, 0.5) is 0 Å². The third-order valence-electron chi connectivity index (χ3n) is 0. The van der Waals surface area contributed by atoms with Crippen LogP contribution in [0.3, 0.4) is 0 Å². The SMILES string of the molecule is [AlH3].[Ca+2].[Gd].[H-].[H-].[H-].[H-].[Mg+2].[Zn]. The van der Waals surface area contributed by atoms with Crippen LogP contribution in [0.25, 0.3) is 0 Å². The Balaban J connectivity index is 0. The van der Waals surface area contributed by atoms with Crippen LogP contribution >= 0.6 is 0 Å². The smallest absolute Gasteiger partial charge is 1.00 e. The first-order valence-electron chi connectivity index (χ1n) is 0. The zero-order valence-electron chi connectivity index (χ0n) is 6.47. The Kier molecular flexibility index (Phi) is 160. The minimum Gasteiger partial charge on any atom is -1.00 e. The second-order valence-corrected chi connectivity index (χ2v) is 0. The van der Waals surface area contributed by atoms with Crippen molar-refractivity contribution in [2.75, 3.05) is 0 Å². The van der Waals surface area contributed by atoms with Gasteiger partial charge in [0.25, 0.3) is 0 Å². The predicted octanol–water partition coefficient (Wildman–Crippen LogP) is -1.50. The van der Waals surface area contributed by atoms with E-state index in [1.807, 2.05) is 0 Å². The molecular formula is H7AlCaGdMgZn. The standard InChI is InChI=1S/Al.Ca.Gd.Mg.Zn.7H/q;+2;;+2;;;;;4*-1. The van der Waals surface area contributed by atoms with E-state index in [0.717, 1.165) is 0 Å². The molecule has 5 heteroatoms. The Morgan fingerprint density at radius 3 is 1.20 bits per heavy atom. The summed E-state index contributed by atoms with van der Waals surface area (Å²) in [6.07, 6.45) is 0. The molecule has 0 bridgehead atoms. The molecule has 5 heavy (non-hydrogen) atoms. The van der Waals surface area contributed by atoms with Crippen LogP contribution in [0.2, 0.25) is 0 Å². The zero-order valence-corrected chi connectivity index (χ0v) is 11.3. The molecule has 0 saturated carbocycles. The fraction of sp³-hybridized carbons (Fsp3) is 0. The molecule has 0 heterocycles. The Morgan fingerprint density at radius 2 is 1.20 bits per heavy atom. The van der Waals surface area contributed by atoms with Crippen molar-refractivity contribution in [2.24, 2.45) is 0 Å². The molecule has 0 rings (SSSR count). The summed E-state index contributed by atoms with van der Waals surface area (Å²) in [7, 11) is 0. The molecule has 24 valence electrons. The fourth-order valence-electron chi connectivity index (χ4n) is 0. The molecule has 0 spiro atoms. The summed E-state index contributed by atoms with van der Waals surface area (Å²) >= 11 is 0. The van der Waals surface area contributed by atoms with Gasteiger partial charge >= 0.3 is 60.8 Å². The first-order valence-corrected chi connectivity index (χ1v) is 0. The monoisotopic (exact) mass is 320 g/mol. The molecule has 0 N–H and O–H groups in total. The zero-order chi connectivity index (χ0) is 0. The molecule has 0 amide bonds. The minimum atomic E-state index is 0. The van der Waals surface area contributed by atoms with Gasteiger partial charge in [-0.2, -0.15) is 0 Å². The van der Waals surface area contributed by atoms with Crippen LogP contribution in [-0.2, 0) is 19.5 Å². The van der Waals surface area contributed by atoms with E-state index < -0.39 is 0 Å². The first kappa shape index (κ1) is 33.9. The summed E-state index contributed by atoms with van der Waals surface area (Å²) in [6, 6.07) is 0. The van der Waals surface area contributed by atoms with E-state index in [-0.39, 0.29) is 143 Å². The normalized spacial score (nSPS) is 0. The molecule has 0 nitrogen and oxygen atoms in total. The summed E-state index contributed by atoms with van der Waals surface area (Å²) in [5.41, 5.74) is 0. The first-order chi connectivity index (χ1) is 0. The van der Waals surface area contributed by atoms with Gasteiger partial charge in [0.2, 0.25) is 0 Å². The van der Waals surface area contributed by atoms with Gasteiger partial charge in [-0.15, -0.1) is 0 Å². The molecule has 0 radical (unpaired) electrons. The molecule has 0 atom stereocenters. The average molecular weight is 321 g/mol. The Morgan fingerprint density at radius 1 is 1.20 bits per heavy atom. The molecule has 0 unspecified atom stereocenters. The molecule has 0 aromatic carbocycles. The van der Waals surface area contributed by atoms with Crippen LogP contribution in [0, 0.1) is 39.9 Å². The van der Waals surface area contributed by atoms with Crippen molar-refractivity contribution >= 4 is 78.2 Å². The largest absolute Gasteiger partial charge is 2.00 e. The van der Waals surface area contributed by atoms with E-state index in [1.54, 1.807) is 0 Å². The third kappa shape index (κ3) is 17.7. The van der Waals surface area contributed by atoms with Crippen molar-refractivity contribution < 1.29 is 65.1 Å². The van der Waals surface area contributed by atoms with Gasteiger partial charge in [0, 0.05) is 59.4 Å². The summed E-state index contributed by atoms with van der Waals surface area (Å²) in [5, 5.41) is 0. The van der Waals surface area contributed by atoms with Crippen molar-refractivity contribution in [1.29, 1.82) is 0 Å². The maximum absolute atomic E-state index is 0. The molecule has 0 aliphatic heterocycles. The Bertz CT molecular complexity index is 20.5. The third-order valence-corrected chi connectivity index (χ3v) is 0. The maximum atomic E-state index is 0. The van der Waals surface area contributed by atoms with E-state index in [9.17, 15) is 0 Å². The fourth-order valence-corrected chi connectivity index (χ4v) is 0. The molecule has 0 aromatic heterocycles. The topological polar surface area (TPSA) is 0 Å². The van der Waals surface area contributed by atoms with Crippen LogP contribution in [-0.4, -0.2) is 78.2 Å². The van der Waals surface area contributed by atoms with Gasteiger partial charge < -0.3 is 5.71 Å². The number of hydrogen-bond donors (Lipinski definition) is 0. The van der Waals surface area contributed by atoms with Crippen LogP contribution in [0.1, 0.15) is 5.71 Å². The summed E-state index contributed by atoms with van der Waals surface area (Å²) in [6.45, 7) is 0. The number of hydrogen-bond acceptors (Lipinski definition) is 0. The minimum absolute atomic E-state index is 0. The van der Waals surface area contributed by atoms with Gasteiger partial charge in [-0.05, 0) is 0 Å². The van der Waals surface area contributed by atoms with Crippen LogP contribution in [0.15, 0.2) is 0 Å². The van der Waals surface area contributed by atoms with Crippen LogP contribution < -0.4 is 0 Å². The van der Waals surface area contributed by atoms with Gasteiger partial charge in [-0.1, -0.05) is 0 Å². The van der Waals surface area contributed by atoms with Crippen molar-refractivity contribution in [3.8, 4) is 0 Å². The van der Waals surface area contributed by atoms with Gasteiger partial charge in [0.05, 0.1) is 0 Å². The molecule has 0 aromatic rings. The quantitative estimate of drug-likeness (QED) is 0.477. The molecule has 0 aliphatic carbocycles. The van der Waals surface area contributed by atoms with Crippen LogP contribution in [0.5, 0.6) is 0 Å². The van der Waals surface area contributed by atoms with Gasteiger partial charge in [0.15, 0.2) is 17.4 Å². The van der Waals surface area contributed by atoms with E-state index in [2.05, 4.69) is 0 Å². The van der Waals surface area contributed by atoms with E-state index in [0.29, 0.717) is 0 Å². The van der Waals surface area contributed by atoms with E-state index in [4.69, 9.17) is 0 Å². The van der Waals surface area contributed by atoms with E-state index in [1.165, 1.54) is 0 Å². The van der Waals surface area contributed by atoms with Crippen molar-refractivity contribution in [3.05, 3.63) is 0 Å². The molecule has 0 fully saturated rings. The Labute approximate surface area is 140 Å². The maximum Gasteiger partial charge on any atom is 2.00 e. The summed E-state index contributed by atoms with van der Waals surface area (Å²) < 4.78 is 0. The molecule has 0 saturated heterocycles. The second kappa shape index (κ2) is 23.6. The molecular weight excluding hydrogens is 314 g/mol. The van der Waals surface area contributed by atoms with Crippen molar-refractivity contribution in [3.63, 3.8) is 0 Å². The van der Waals surface area contributed by atoms with Crippen molar-refractivity contribution in [1.82, 2.24) is 0 Å². The summed E-state index contributed by atoms with van der Waals surface area (Å²) in [5.74, 6) is 0. The predicted molar refractivity (Wildman–Crippen MR) is 25.9 cm³/mol. The van der Waals surface area contributed by atoms with Gasteiger partial charge in [-0.25, -0.2) is 0 Å². The van der Waals surface area contributed by atoms with Crippen molar-refractivity contribution in [2.45, 2.75) is 0 Å². The van der Waals surface area contributed by atoms with Gasteiger partial charge in [-0.3, -0.25) is 0 Å². The van der Waals surface area contributed by atoms with E-state index >= 15 is 0 Å².